The molecule has 9 nitrogen and oxygen atoms in total. The van der Waals surface area contributed by atoms with Crippen molar-refractivity contribution in [3.05, 3.63) is 57.5 Å². The third-order valence-corrected chi connectivity index (χ3v) is 9.32. The second kappa shape index (κ2) is 11.1. The summed E-state index contributed by atoms with van der Waals surface area (Å²) in [5.74, 6) is -4.81. The number of aromatic nitrogens is 1. The number of esters is 1. The lowest BCUT2D eigenvalue weighted by Gasteiger charge is -2.11. The SMILES string of the molecule is C=CCn1c(=NC(=O)CS(=O)(=O)CC(=O)Nc2sc3c(c2C(=O)OC)CCCC3)sc2cc(F)ccc21. The predicted octanol–water partition coefficient (Wildman–Crippen LogP) is 3.24. The zero-order valence-corrected chi connectivity index (χ0v) is 22.4. The molecule has 0 spiro atoms. The van der Waals surface area contributed by atoms with Crippen LogP contribution in [0.25, 0.3) is 10.2 Å². The van der Waals surface area contributed by atoms with Gasteiger partial charge in [-0.1, -0.05) is 17.4 Å². The summed E-state index contributed by atoms with van der Waals surface area (Å²) in [5, 5.41) is 2.77. The van der Waals surface area contributed by atoms with E-state index in [4.69, 9.17) is 4.74 Å². The summed E-state index contributed by atoms with van der Waals surface area (Å²) in [5.41, 5.74) is 1.71. The van der Waals surface area contributed by atoms with E-state index in [0.717, 1.165) is 41.0 Å². The standard InChI is InChI=1S/C24H24FN3O6S3/c1-3-10-28-16-9-8-14(25)11-18(16)36-24(28)27-20(30)13-37(32,33)12-19(29)26-22-21(23(31)34-2)15-6-4-5-7-17(15)35-22/h3,8-9,11H,1,4-7,10,12-13H2,2H3,(H,26,29). The molecule has 1 aromatic carbocycles. The van der Waals surface area contributed by atoms with Gasteiger partial charge in [-0.05, 0) is 49.4 Å². The van der Waals surface area contributed by atoms with E-state index in [0.29, 0.717) is 16.6 Å². The van der Waals surface area contributed by atoms with Crippen LogP contribution >= 0.6 is 22.7 Å². The maximum absolute atomic E-state index is 13.6. The molecule has 13 heteroatoms. The molecule has 0 aliphatic heterocycles. The second-order valence-electron chi connectivity index (χ2n) is 8.39. The number of benzene rings is 1. The van der Waals surface area contributed by atoms with Gasteiger partial charge in [-0.2, -0.15) is 4.99 Å². The third-order valence-electron chi connectivity index (χ3n) is 5.68. The lowest BCUT2D eigenvalue weighted by molar-refractivity contribution is -0.115. The monoisotopic (exact) mass is 565 g/mol. The largest absolute Gasteiger partial charge is 0.465 e. The minimum absolute atomic E-state index is 0.192. The Morgan fingerprint density at radius 3 is 2.70 bits per heavy atom. The molecule has 196 valence electrons. The Labute approximate surface area is 220 Å². The maximum Gasteiger partial charge on any atom is 0.341 e. The van der Waals surface area contributed by atoms with Crippen molar-refractivity contribution >= 4 is 65.5 Å². The van der Waals surface area contributed by atoms with Crippen LogP contribution in [0.4, 0.5) is 9.39 Å². The highest BCUT2D eigenvalue weighted by Gasteiger charge is 2.28. The van der Waals surface area contributed by atoms with Crippen molar-refractivity contribution in [1.29, 1.82) is 0 Å². The average Bonchev–Trinajstić information content (AvgIpc) is 3.34. The van der Waals surface area contributed by atoms with Gasteiger partial charge in [0.1, 0.15) is 22.3 Å². The molecule has 2 aromatic heterocycles. The number of amides is 2. The van der Waals surface area contributed by atoms with Crippen LogP contribution in [-0.2, 0) is 43.5 Å². The van der Waals surface area contributed by atoms with Gasteiger partial charge in [-0.25, -0.2) is 17.6 Å². The van der Waals surface area contributed by atoms with Crippen molar-refractivity contribution in [2.45, 2.75) is 32.2 Å². The average molecular weight is 566 g/mol. The number of anilines is 1. The van der Waals surface area contributed by atoms with E-state index in [1.54, 1.807) is 16.7 Å². The Morgan fingerprint density at radius 1 is 1.22 bits per heavy atom. The Morgan fingerprint density at radius 2 is 1.97 bits per heavy atom. The summed E-state index contributed by atoms with van der Waals surface area (Å²) in [6.07, 6.45) is 4.89. The fourth-order valence-corrected chi connectivity index (χ4v) is 7.54. The van der Waals surface area contributed by atoms with Gasteiger partial charge in [0.05, 0.1) is 22.9 Å². The maximum atomic E-state index is 13.6. The van der Waals surface area contributed by atoms with Crippen LogP contribution in [0, 0.1) is 5.82 Å². The lowest BCUT2D eigenvalue weighted by atomic mass is 9.95. The topological polar surface area (TPSA) is 124 Å². The number of nitrogens with one attached hydrogen (secondary N) is 1. The fourth-order valence-electron chi connectivity index (χ4n) is 4.15. The first-order valence-electron chi connectivity index (χ1n) is 11.3. The van der Waals surface area contributed by atoms with E-state index in [9.17, 15) is 27.2 Å². The molecule has 0 unspecified atom stereocenters. The van der Waals surface area contributed by atoms with Crippen LogP contribution in [0.2, 0.25) is 0 Å². The number of nitrogens with zero attached hydrogens (tertiary/aromatic N) is 2. The number of carbonyl (C=O) groups is 3. The molecular weight excluding hydrogens is 541 g/mol. The number of sulfone groups is 1. The third kappa shape index (κ3) is 6.05. The van der Waals surface area contributed by atoms with Crippen LogP contribution in [0.15, 0.2) is 35.8 Å². The van der Waals surface area contributed by atoms with Gasteiger partial charge in [0.2, 0.25) is 5.91 Å². The number of thiophene rings is 1. The molecule has 4 rings (SSSR count). The fraction of sp³-hybridized carbons (Fsp3) is 0.333. The zero-order valence-electron chi connectivity index (χ0n) is 19.9. The summed E-state index contributed by atoms with van der Waals surface area (Å²) < 4.78 is 45.9. The van der Waals surface area contributed by atoms with Crippen molar-refractivity contribution in [2.75, 3.05) is 23.9 Å². The second-order valence-corrected chi connectivity index (χ2v) is 12.6. The molecule has 0 fully saturated rings. The van der Waals surface area contributed by atoms with Crippen molar-refractivity contribution in [1.82, 2.24) is 4.57 Å². The van der Waals surface area contributed by atoms with Gasteiger partial charge in [0.15, 0.2) is 14.6 Å². The Balaban J connectivity index is 1.51. The molecular formula is C24H24FN3O6S3. The first kappa shape index (κ1) is 26.9. The number of ether oxygens (including phenoxy) is 1. The number of allylic oxidation sites excluding steroid dienone is 1. The van der Waals surface area contributed by atoms with E-state index in [2.05, 4.69) is 16.9 Å². The van der Waals surface area contributed by atoms with Crippen LogP contribution in [0.5, 0.6) is 0 Å². The van der Waals surface area contributed by atoms with Gasteiger partial charge >= 0.3 is 5.97 Å². The number of carbonyl (C=O) groups excluding carboxylic acids is 3. The molecule has 0 atom stereocenters. The van der Waals surface area contributed by atoms with Gasteiger partial charge in [-0.3, -0.25) is 9.59 Å². The van der Waals surface area contributed by atoms with E-state index in [1.807, 2.05) is 0 Å². The normalized spacial score (nSPS) is 13.8. The summed E-state index contributed by atoms with van der Waals surface area (Å²) in [4.78, 5) is 42.6. The number of fused-ring (bicyclic) bond motifs is 2. The van der Waals surface area contributed by atoms with Crippen LogP contribution in [-0.4, -0.2) is 49.4 Å². The summed E-state index contributed by atoms with van der Waals surface area (Å²) >= 11 is 2.27. The number of methoxy groups -OCH3 is 1. The quantitative estimate of drug-likeness (QED) is 0.330. The molecule has 2 heterocycles. The molecule has 37 heavy (non-hydrogen) atoms. The highest BCUT2D eigenvalue weighted by atomic mass is 32.2. The molecule has 1 aliphatic rings. The number of hydrogen-bond acceptors (Lipinski definition) is 8. The van der Waals surface area contributed by atoms with Crippen molar-refractivity contribution in [3.8, 4) is 0 Å². The number of halogens is 1. The van der Waals surface area contributed by atoms with Crippen LogP contribution in [0.3, 0.4) is 0 Å². The smallest absolute Gasteiger partial charge is 0.341 e. The molecule has 0 radical (unpaired) electrons. The van der Waals surface area contributed by atoms with Gasteiger partial charge in [-0.15, -0.1) is 17.9 Å². The first-order chi connectivity index (χ1) is 17.6. The summed E-state index contributed by atoms with van der Waals surface area (Å²) in [7, 11) is -2.93. The van der Waals surface area contributed by atoms with Crippen molar-refractivity contribution in [2.24, 2.45) is 4.99 Å². The van der Waals surface area contributed by atoms with E-state index in [1.165, 1.54) is 30.6 Å². The Kier molecular flexibility index (Phi) is 8.05. The van der Waals surface area contributed by atoms with E-state index in [-0.39, 0.29) is 21.9 Å². The molecule has 1 N–H and O–H groups in total. The number of hydrogen-bond donors (Lipinski definition) is 1. The van der Waals surface area contributed by atoms with Crippen LogP contribution < -0.4 is 10.1 Å². The summed E-state index contributed by atoms with van der Waals surface area (Å²) in [6.45, 7) is 3.94. The Hall–Kier alpha value is -3.16. The zero-order chi connectivity index (χ0) is 26.7. The van der Waals surface area contributed by atoms with Crippen LogP contribution in [0.1, 0.15) is 33.6 Å². The molecule has 0 bridgehead atoms. The minimum atomic E-state index is -4.17. The van der Waals surface area contributed by atoms with Gasteiger partial charge in [0.25, 0.3) is 5.91 Å². The van der Waals surface area contributed by atoms with Gasteiger partial charge in [0, 0.05) is 11.4 Å². The van der Waals surface area contributed by atoms with E-state index >= 15 is 0 Å². The molecule has 3 aromatic rings. The van der Waals surface area contributed by atoms with Crippen molar-refractivity contribution in [3.63, 3.8) is 0 Å². The lowest BCUT2D eigenvalue weighted by Crippen LogP contribution is -2.28. The van der Waals surface area contributed by atoms with E-state index < -0.39 is 44.9 Å². The highest BCUT2D eigenvalue weighted by Crippen LogP contribution is 2.38. The number of thiazole rings is 1. The summed E-state index contributed by atoms with van der Waals surface area (Å²) in [6, 6.07) is 4.12. The Bertz CT molecular complexity index is 1580. The molecule has 0 saturated heterocycles. The molecule has 2 amide bonds. The molecule has 1 aliphatic carbocycles. The first-order valence-corrected chi connectivity index (χ1v) is 14.8. The number of rotatable bonds is 8. The highest BCUT2D eigenvalue weighted by molar-refractivity contribution is 7.92. The molecule has 0 saturated carbocycles. The predicted molar refractivity (Wildman–Crippen MR) is 140 cm³/mol. The minimum Gasteiger partial charge on any atom is -0.465 e. The number of aryl methyl sites for hydroxylation is 1. The van der Waals surface area contributed by atoms with Crippen molar-refractivity contribution < 1.29 is 31.9 Å². The van der Waals surface area contributed by atoms with Gasteiger partial charge < -0.3 is 14.6 Å².